The summed E-state index contributed by atoms with van der Waals surface area (Å²) in [6, 6.07) is 8.04. The first-order chi connectivity index (χ1) is 13.2. The van der Waals surface area contributed by atoms with Gasteiger partial charge in [0.15, 0.2) is 0 Å². The van der Waals surface area contributed by atoms with Crippen LogP contribution in [0.5, 0.6) is 0 Å². The van der Waals surface area contributed by atoms with Crippen molar-refractivity contribution in [3.8, 4) is 0 Å². The minimum atomic E-state index is -3.81. The Morgan fingerprint density at radius 3 is 2.36 bits per heavy atom. The number of benzene rings is 2. The van der Waals surface area contributed by atoms with Crippen LogP contribution < -0.4 is 5.32 Å². The van der Waals surface area contributed by atoms with Gasteiger partial charge in [0.05, 0.1) is 20.6 Å². The van der Waals surface area contributed by atoms with Crippen LogP contribution in [0.3, 0.4) is 0 Å². The summed E-state index contributed by atoms with van der Waals surface area (Å²) in [7, 11) is -3.81. The number of hydrogen-bond acceptors (Lipinski definition) is 3. The van der Waals surface area contributed by atoms with E-state index in [-0.39, 0.29) is 34.8 Å². The van der Waals surface area contributed by atoms with E-state index in [1.165, 1.54) is 10.4 Å². The number of piperidine rings is 1. The zero-order chi connectivity index (χ0) is 20.5. The number of amides is 1. The quantitative estimate of drug-likeness (QED) is 0.703. The molecule has 10 heteroatoms. The Balaban J connectivity index is 1.65. The molecule has 1 N–H and O–H groups in total. The van der Waals surface area contributed by atoms with Crippen molar-refractivity contribution in [2.75, 3.05) is 18.4 Å². The molecule has 0 spiro atoms. The molecule has 1 aliphatic heterocycles. The predicted molar refractivity (Wildman–Crippen MR) is 108 cm³/mol. The van der Waals surface area contributed by atoms with Crippen molar-refractivity contribution >= 4 is 56.4 Å². The highest BCUT2D eigenvalue weighted by Crippen LogP contribution is 2.29. The van der Waals surface area contributed by atoms with Crippen LogP contribution in [0.25, 0.3) is 0 Å². The van der Waals surface area contributed by atoms with Crippen LogP contribution in [-0.2, 0) is 14.8 Å². The summed E-state index contributed by atoms with van der Waals surface area (Å²) in [5.41, 5.74) is 0.412. The van der Waals surface area contributed by atoms with Gasteiger partial charge in [-0.25, -0.2) is 12.8 Å². The first kappa shape index (κ1) is 21.3. The van der Waals surface area contributed by atoms with Crippen molar-refractivity contribution in [1.82, 2.24) is 4.31 Å². The highest BCUT2D eigenvalue weighted by Gasteiger charge is 2.32. The van der Waals surface area contributed by atoms with E-state index in [1.54, 1.807) is 18.2 Å². The molecule has 1 amide bonds. The molecule has 2 aromatic carbocycles. The van der Waals surface area contributed by atoms with E-state index >= 15 is 0 Å². The number of carbonyl (C=O) groups is 1. The fraction of sp³-hybridized carbons (Fsp3) is 0.278. The minimum absolute atomic E-state index is 0.0764. The first-order valence-corrected chi connectivity index (χ1v) is 11.0. The van der Waals surface area contributed by atoms with Gasteiger partial charge in [-0.3, -0.25) is 4.79 Å². The van der Waals surface area contributed by atoms with Gasteiger partial charge in [0.2, 0.25) is 15.9 Å². The Morgan fingerprint density at radius 1 is 1.04 bits per heavy atom. The normalized spacial score (nSPS) is 16.1. The first-order valence-electron chi connectivity index (χ1n) is 8.39. The molecule has 1 saturated heterocycles. The van der Waals surface area contributed by atoms with Crippen LogP contribution in [0.4, 0.5) is 10.1 Å². The lowest BCUT2D eigenvalue weighted by atomic mass is 9.97. The molecule has 28 heavy (non-hydrogen) atoms. The van der Waals surface area contributed by atoms with Gasteiger partial charge in [0.25, 0.3) is 0 Å². The van der Waals surface area contributed by atoms with Gasteiger partial charge in [-0.1, -0.05) is 34.8 Å². The van der Waals surface area contributed by atoms with Crippen molar-refractivity contribution in [3.63, 3.8) is 0 Å². The summed E-state index contributed by atoms with van der Waals surface area (Å²) < 4.78 is 40.0. The van der Waals surface area contributed by atoms with E-state index in [9.17, 15) is 17.6 Å². The van der Waals surface area contributed by atoms with Crippen molar-refractivity contribution in [1.29, 1.82) is 0 Å². The molecule has 3 rings (SSSR count). The van der Waals surface area contributed by atoms with Gasteiger partial charge in [0, 0.05) is 24.0 Å². The molecule has 0 unspecified atom stereocenters. The second kappa shape index (κ2) is 8.55. The Kier molecular flexibility index (Phi) is 6.51. The molecule has 0 radical (unpaired) electrons. The van der Waals surface area contributed by atoms with Crippen LogP contribution in [0.1, 0.15) is 12.8 Å². The maximum Gasteiger partial charge on any atom is 0.243 e. The topological polar surface area (TPSA) is 66.5 Å². The third-order valence-corrected chi connectivity index (χ3v) is 7.29. The van der Waals surface area contributed by atoms with E-state index in [1.807, 2.05) is 0 Å². The van der Waals surface area contributed by atoms with Crippen LogP contribution in [0, 0.1) is 11.7 Å². The number of anilines is 1. The lowest BCUT2D eigenvalue weighted by Gasteiger charge is -2.30. The van der Waals surface area contributed by atoms with Crippen LogP contribution in [0.15, 0.2) is 41.3 Å². The Bertz CT molecular complexity index is 1010. The minimum Gasteiger partial charge on any atom is -0.324 e. The van der Waals surface area contributed by atoms with E-state index < -0.39 is 15.8 Å². The summed E-state index contributed by atoms with van der Waals surface area (Å²) in [5, 5.41) is 3.29. The number of halogens is 4. The molecule has 0 atom stereocenters. The zero-order valence-corrected chi connectivity index (χ0v) is 17.5. The van der Waals surface area contributed by atoms with E-state index in [4.69, 9.17) is 34.8 Å². The number of nitrogens with zero attached hydrogens (tertiary/aromatic N) is 1. The van der Waals surface area contributed by atoms with E-state index in [2.05, 4.69) is 5.32 Å². The molecule has 0 bridgehead atoms. The zero-order valence-electron chi connectivity index (χ0n) is 14.5. The predicted octanol–water partition coefficient (Wildman–Crippen LogP) is 4.83. The van der Waals surface area contributed by atoms with Crippen LogP contribution >= 0.6 is 34.8 Å². The third kappa shape index (κ3) is 4.60. The Labute approximate surface area is 177 Å². The molecule has 1 aliphatic rings. The lowest BCUT2D eigenvalue weighted by Crippen LogP contribution is -2.41. The SMILES string of the molecule is O=C(Nc1cc(Cl)ccc1Cl)C1CCN(S(=O)(=O)c2ccc(F)c(Cl)c2)CC1. The van der Waals surface area contributed by atoms with Gasteiger partial charge < -0.3 is 5.32 Å². The van der Waals surface area contributed by atoms with Gasteiger partial charge in [0.1, 0.15) is 5.82 Å². The van der Waals surface area contributed by atoms with E-state index in [0.29, 0.717) is 28.6 Å². The maximum atomic E-state index is 13.3. The molecular weight excluding hydrogens is 450 g/mol. The molecule has 2 aromatic rings. The number of nitrogens with one attached hydrogen (secondary N) is 1. The number of hydrogen-bond donors (Lipinski definition) is 1. The summed E-state index contributed by atoms with van der Waals surface area (Å²) in [4.78, 5) is 12.4. The van der Waals surface area contributed by atoms with Crippen molar-refractivity contribution in [2.24, 2.45) is 5.92 Å². The molecule has 0 aromatic heterocycles. The van der Waals surface area contributed by atoms with Gasteiger partial charge >= 0.3 is 0 Å². The summed E-state index contributed by atoms with van der Waals surface area (Å²) in [5.74, 6) is -1.29. The smallest absolute Gasteiger partial charge is 0.243 e. The Hall–Kier alpha value is -1.38. The Morgan fingerprint density at radius 2 is 1.71 bits per heavy atom. The molecule has 0 aliphatic carbocycles. The number of rotatable bonds is 4. The molecule has 1 fully saturated rings. The highest BCUT2D eigenvalue weighted by atomic mass is 35.5. The third-order valence-electron chi connectivity index (χ3n) is 4.54. The molecular formula is C18H16Cl3FN2O3S. The molecule has 5 nitrogen and oxygen atoms in total. The fourth-order valence-corrected chi connectivity index (χ4v) is 5.05. The summed E-state index contributed by atoms with van der Waals surface area (Å²) in [6.45, 7) is 0.331. The fourth-order valence-electron chi connectivity index (χ4n) is 2.97. The standard InChI is InChI=1S/C18H16Cl3FN2O3S/c19-12-1-3-14(20)17(9-12)23-18(25)11-5-7-24(8-6-11)28(26,27)13-2-4-16(22)15(21)10-13/h1-4,9-11H,5-8H2,(H,23,25). The van der Waals surface area contributed by atoms with Crippen molar-refractivity contribution in [3.05, 3.63) is 57.3 Å². The van der Waals surface area contributed by atoms with Gasteiger partial charge in [-0.15, -0.1) is 0 Å². The lowest BCUT2D eigenvalue weighted by molar-refractivity contribution is -0.120. The second-order valence-electron chi connectivity index (χ2n) is 6.37. The second-order valence-corrected chi connectivity index (χ2v) is 9.56. The molecule has 150 valence electrons. The monoisotopic (exact) mass is 464 g/mol. The van der Waals surface area contributed by atoms with Crippen LogP contribution in [-0.4, -0.2) is 31.7 Å². The van der Waals surface area contributed by atoms with Gasteiger partial charge in [-0.2, -0.15) is 4.31 Å². The number of carbonyl (C=O) groups excluding carboxylic acids is 1. The van der Waals surface area contributed by atoms with Crippen LogP contribution in [0.2, 0.25) is 15.1 Å². The van der Waals surface area contributed by atoms with Gasteiger partial charge in [-0.05, 0) is 49.2 Å². The average Bonchev–Trinajstić information content (AvgIpc) is 2.67. The summed E-state index contributed by atoms with van der Waals surface area (Å²) >= 11 is 17.7. The average molecular weight is 466 g/mol. The molecule has 0 saturated carbocycles. The largest absolute Gasteiger partial charge is 0.324 e. The van der Waals surface area contributed by atoms with E-state index in [0.717, 1.165) is 12.1 Å². The number of sulfonamides is 1. The maximum absolute atomic E-state index is 13.3. The van der Waals surface area contributed by atoms with Crippen molar-refractivity contribution < 1.29 is 17.6 Å². The van der Waals surface area contributed by atoms with Crippen molar-refractivity contribution in [2.45, 2.75) is 17.7 Å². The highest BCUT2D eigenvalue weighted by molar-refractivity contribution is 7.89. The molecule has 1 heterocycles. The summed E-state index contributed by atoms with van der Waals surface area (Å²) in [6.07, 6.45) is 0.691.